The van der Waals surface area contributed by atoms with Crippen LogP contribution in [0.5, 0.6) is 0 Å². The van der Waals surface area contributed by atoms with Crippen molar-refractivity contribution < 1.29 is 9.59 Å². The summed E-state index contributed by atoms with van der Waals surface area (Å²) in [5.41, 5.74) is 0. The normalized spacial score (nSPS) is 12.8. The van der Waals surface area contributed by atoms with Gasteiger partial charge < -0.3 is 16.0 Å². The van der Waals surface area contributed by atoms with Crippen molar-refractivity contribution in [2.45, 2.75) is 89.3 Å². The molecule has 0 bridgehead atoms. The van der Waals surface area contributed by atoms with E-state index in [0.717, 1.165) is 50.9 Å². The molecule has 5 nitrogen and oxygen atoms in total. The summed E-state index contributed by atoms with van der Waals surface area (Å²) in [5, 5.41) is 9.30. The fraction of sp³-hybridized carbons (Fsp3) is 0.905. The number of Topliss-reactive ketones (excluding diaryl/α,β-unsaturated/α-hetero) is 1. The van der Waals surface area contributed by atoms with Gasteiger partial charge in [-0.15, -0.1) is 0 Å². The van der Waals surface area contributed by atoms with E-state index in [2.05, 4.69) is 29.8 Å². The van der Waals surface area contributed by atoms with Gasteiger partial charge in [-0.3, -0.25) is 9.59 Å². The lowest BCUT2D eigenvalue weighted by Crippen LogP contribution is -2.51. The van der Waals surface area contributed by atoms with Gasteiger partial charge >= 0.3 is 0 Å². The maximum absolute atomic E-state index is 12.3. The van der Waals surface area contributed by atoms with E-state index in [0.29, 0.717) is 6.42 Å². The summed E-state index contributed by atoms with van der Waals surface area (Å²) in [7, 11) is 3.94. The lowest BCUT2D eigenvalue weighted by molar-refractivity contribution is -0.127. The highest BCUT2D eigenvalue weighted by Crippen LogP contribution is 2.30. The number of hydrogen-bond acceptors (Lipinski definition) is 5. The molecule has 0 heterocycles. The van der Waals surface area contributed by atoms with Gasteiger partial charge in [-0.05, 0) is 79.4 Å². The zero-order valence-corrected chi connectivity index (χ0v) is 19.1. The monoisotopic (exact) mass is 401 g/mol. The van der Waals surface area contributed by atoms with Gasteiger partial charge in [0.2, 0.25) is 5.91 Å². The largest absolute Gasteiger partial charge is 0.345 e. The zero-order valence-electron chi connectivity index (χ0n) is 18.3. The molecule has 160 valence electrons. The van der Waals surface area contributed by atoms with Crippen LogP contribution in [0, 0.1) is 0 Å². The van der Waals surface area contributed by atoms with Gasteiger partial charge in [0.05, 0.1) is 0 Å². The number of hydrogen-bond donors (Lipinski definition) is 3. The lowest BCUT2D eigenvalue weighted by Gasteiger charge is -2.33. The van der Waals surface area contributed by atoms with Gasteiger partial charge in [0.25, 0.3) is 0 Å². The van der Waals surface area contributed by atoms with Gasteiger partial charge in [-0.2, -0.15) is 11.8 Å². The highest BCUT2D eigenvalue weighted by atomic mass is 32.2. The van der Waals surface area contributed by atoms with Crippen LogP contribution in [0.15, 0.2) is 0 Å². The fourth-order valence-corrected chi connectivity index (χ4v) is 4.38. The number of unbranched alkanes of at least 4 members (excludes halogenated alkanes) is 6. The van der Waals surface area contributed by atoms with E-state index in [1.807, 2.05) is 14.1 Å². The third-order valence-electron chi connectivity index (χ3n) is 4.78. The SMILES string of the molecule is CNCCCCCCSC(C)(C)[C@H](NC(=O)CCCCCCNC)C(C)=O. The topological polar surface area (TPSA) is 70.2 Å². The Bertz CT molecular complexity index is 403. The van der Waals surface area contributed by atoms with Crippen LogP contribution in [-0.4, -0.2) is 55.4 Å². The first-order chi connectivity index (χ1) is 12.8. The molecule has 0 spiro atoms. The lowest BCUT2D eigenvalue weighted by atomic mass is 9.99. The Morgan fingerprint density at radius 3 is 1.89 bits per heavy atom. The predicted molar refractivity (Wildman–Crippen MR) is 119 cm³/mol. The molecular formula is C21H43N3O2S. The second kappa shape index (κ2) is 16.4. The molecule has 0 aromatic carbocycles. The van der Waals surface area contributed by atoms with E-state index >= 15 is 0 Å². The summed E-state index contributed by atoms with van der Waals surface area (Å²) in [6, 6.07) is -0.413. The van der Waals surface area contributed by atoms with Gasteiger partial charge in [-0.1, -0.05) is 25.7 Å². The van der Waals surface area contributed by atoms with Crippen molar-refractivity contribution in [2.75, 3.05) is 32.9 Å². The first-order valence-electron chi connectivity index (χ1n) is 10.6. The van der Waals surface area contributed by atoms with Crippen LogP contribution >= 0.6 is 11.8 Å². The predicted octanol–water partition coefficient (Wildman–Crippen LogP) is 3.52. The second-order valence-corrected chi connectivity index (χ2v) is 9.60. The molecule has 0 saturated carbocycles. The van der Waals surface area contributed by atoms with Gasteiger partial charge in [0.15, 0.2) is 5.78 Å². The molecule has 3 N–H and O–H groups in total. The molecule has 0 rings (SSSR count). The summed E-state index contributed by atoms with van der Waals surface area (Å²) in [6.45, 7) is 7.83. The summed E-state index contributed by atoms with van der Waals surface area (Å²) >= 11 is 1.80. The molecule has 0 unspecified atom stereocenters. The molecule has 1 amide bonds. The molecule has 1 atom stereocenters. The number of nitrogens with one attached hydrogen (secondary N) is 3. The number of carbonyl (C=O) groups excluding carboxylic acids is 2. The van der Waals surface area contributed by atoms with Crippen molar-refractivity contribution in [3.05, 3.63) is 0 Å². The Labute approximate surface area is 171 Å². The van der Waals surface area contributed by atoms with Crippen molar-refractivity contribution in [3.8, 4) is 0 Å². The minimum absolute atomic E-state index is 0.00422. The van der Waals surface area contributed by atoms with E-state index in [-0.39, 0.29) is 16.4 Å². The zero-order chi connectivity index (χ0) is 20.5. The molecule has 6 heteroatoms. The number of ketones is 1. The van der Waals surface area contributed by atoms with Gasteiger partial charge in [-0.25, -0.2) is 0 Å². The molecule has 0 aromatic heterocycles. The minimum atomic E-state index is -0.413. The molecule has 0 aliphatic rings. The molecule has 0 aliphatic carbocycles. The average Bonchev–Trinajstić information content (AvgIpc) is 2.61. The third kappa shape index (κ3) is 14.1. The van der Waals surface area contributed by atoms with Crippen LogP contribution in [0.25, 0.3) is 0 Å². The summed E-state index contributed by atoms with van der Waals surface area (Å²) in [5.74, 6) is 1.07. The van der Waals surface area contributed by atoms with Crippen LogP contribution in [0.3, 0.4) is 0 Å². The van der Waals surface area contributed by atoms with Crippen molar-refractivity contribution in [1.29, 1.82) is 0 Å². The van der Waals surface area contributed by atoms with Gasteiger partial charge in [0, 0.05) is 11.2 Å². The third-order valence-corrected chi connectivity index (χ3v) is 6.26. The van der Waals surface area contributed by atoms with Crippen LogP contribution in [0.2, 0.25) is 0 Å². The molecule has 27 heavy (non-hydrogen) atoms. The number of amides is 1. The van der Waals surface area contributed by atoms with Crippen LogP contribution in [0.1, 0.15) is 78.6 Å². The summed E-state index contributed by atoms with van der Waals surface area (Å²) in [4.78, 5) is 24.4. The van der Waals surface area contributed by atoms with Crippen molar-refractivity contribution in [1.82, 2.24) is 16.0 Å². The average molecular weight is 402 g/mol. The fourth-order valence-electron chi connectivity index (χ4n) is 3.11. The van der Waals surface area contributed by atoms with Gasteiger partial charge in [0.1, 0.15) is 6.04 Å². The van der Waals surface area contributed by atoms with E-state index in [4.69, 9.17) is 0 Å². The Morgan fingerprint density at radius 2 is 1.37 bits per heavy atom. The van der Waals surface area contributed by atoms with Crippen LogP contribution < -0.4 is 16.0 Å². The minimum Gasteiger partial charge on any atom is -0.345 e. The molecule has 0 fully saturated rings. The van der Waals surface area contributed by atoms with Crippen molar-refractivity contribution in [3.63, 3.8) is 0 Å². The highest BCUT2D eigenvalue weighted by molar-refractivity contribution is 8.00. The van der Waals surface area contributed by atoms with Crippen LogP contribution in [-0.2, 0) is 9.59 Å². The van der Waals surface area contributed by atoms with Crippen molar-refractivity contribution in [2.24, 2.45) is 0 Å². The quantitative estimate of drug-likeness (QED) is 0.307. The Morgan fingerprint density at radius 1 is 0.852 bits per heavy atom. The van der Waals surface area contributed by atoms with Crippen molar-refractivity contribution >= 4 is 23.5 Å². The Hall–Kier alpha value is -0.590. The maximum Gasteiger partial charge on any atom is 0.220 e. The van der Waals surface area contributed by atoms with E-state index in [1.54, 1.807) is 18.7 Å². The summed E-state index contributed by atoms with van der Waals surface area (Å²) in [6.07, 6.45) is 9.57. The Kier molecular flexibility index (Phi) is 16.0. The molecule has 0 saturated heterocycles. The van der Waals surface area contributed by atoms with E-state index in [9.17, 15) is 9.59 Å². The van der Waals surface area contributed by atoms with Crippen LogP contribution in [0.4, 0.5) is 0 Å². The van der Waals surface area contributed by atoms with E-state index in [1.165, 1.54) is 19.3 Å². The first kappa shape index (κ1) is 26.4. The summed E-state index contributed by atoms with van der Waals surface area (Å²) < 4.78 is -0.279. The number of rotatable bonds is 18. The number of carbonyl (C=O) groups is 2. The molecular weight excluding hydrogens is 358 g/mol. The first-order valence-corrected chi connectivity index (χ1v) is 11.6. The molecule has 0 radical (unpaired) electrons. The Balaban J connectivity index is 4.18. The highest BCUT2D eigenvalue weighted by Gasteiger charge is 2.34. The maximum atomic E-state index is 12.3. The molecule has 0 aliphatic heterocycles. The smallest absolute Gasteiger partial charge is 0.220 e. The standard InChI is InChI=1S/C21H43N3O2S/c1-18(25)20(24-19(26)14-10-6-7-11-15-22-4)21(2,3)27-17-13-9-8-12-16-23-5/h20,22-23H,6-17H2,1-5H3,(H,24,26)/t20-/m1/s1. The van der Waals surface area contributed by atoms with E-state index < -0.39 is 6.04 Å². The molecule has 0 aromatic rings. The second-order valence-electron chi connectivity index (χ2n) is 7.85. The number of thioether (sulfide) groups is 1.